The van der Waals surface area contributed by atoms with Gasteiger partial charge in [0.25, 0.3) is 5.91 Å². The number of carbonyl (C=O) groups excluding carboxylic acids is 1. The van der Waals surface area contributed by atoms with E-state index in [0.29, 0.717) is 5.56 Å². The number of hydrogen-bond donors (Lipinski definition) is 1. The highest BCUT2D eigenvalue weighted by molar-refractivity contribution is 7.89. The lowest BCUT2D eigenvalue weighted by Crippen LogP contribution is -2.40. The molecule has 0 aromatic heterocycles. The van der Waals surface area contributed by atoms with E-state index in [4.69, 9.17) is 9.47 Å². The summed E-state index contributed by atoms with van der Waals surface area (Å²) < 4.78 is 78.9. The molecule has 2 aromatic rings. The largest absolute Gasteiger partial charge is 0.495 e. The van der Waals surface area contributed by atoms with Crippen molar-refractivity contribution in [2.24, 2.45) is 0 Å². The number of anilines is 1. The molecule has 0 saturated carbocycles. The van der Waals surface area contributed by atoms with Gasteiger partial charge in [0, 0.05) is 24.3 Å². The lowest BCUT2D eigenvalue weighted by Gasteiger charge is -2.26. The van der Waals surface area contributed by atoms with Crippen LogP contribution in [0.25, 0.3) is 0 Å². The van der Waals surface area contributed by atoms with Crippen molar-refractivity contribution in [1.82, 2.24) is 4.31 Å². The summed E-state index contributed by atoms with van der Waals surface area (Å²) in [5, 5.41) is 2.63. The number of carbonyl (C=O) groups is 1. The van der Waals surface area contributed by atoms with Crippen molar-refractivity contribution in [1.29, 1.82) is 0 Å². The van der Waals surface area contributed by atoms with Gasteiger partial charge in [-0.2, -0.15) is 17.5 Å². The predicted octanol–water partition coefficient (Wildman–Crippen LogP) is 3.05. The first-order valence-electron chi connectivity index (χ1n) is 9.91. The molecule has 0 aliphatic carbocycles. The number of benzene rings is 2. The highest BCUT2D eigenvalue weighted by Gasteiger charge is 2.30. The zero-order valence-corrected chi connectivity index (χ0v) is 18.5. The van der Waals surface area contributed by atoms with Gasteiger partial charge in [0.2, 0.25) is 10.0 Å². The lowest BCUT2D eigenvalue weighted by atomic mass is 10.1. The molecule has 12 heteroatoms. The number of nitrogens with zero attached hydrogens (tertiary/aromatic N) is 1. The summed E-state index contributed by atoms with van der Waals surface area (Å²) in [4.78, 5) is 12.5. The molecular weight excluding hydrogens is 465 g/mol. The normalized spacial score (nSPS) is 15.3. The zero-order valence-electron chi connectivity index (χ0n) is 17.7. The highest BCUT2D eigenvalue weighted by atomic mass is 32.2. The van der Waals surface area contributed by atoms with E-state index in [1.165, 1.54) is 53.9 Å². The molecule has 8 nitrogen and oxygen atoms in total. The average molecular weight is 488 g/mol. The van der Waals surface area contributed by atoms with Crippen LogP contribution in [0.1, 0.15) is 15.9 Å². The van der Waals surface area contributed by atoms with Crippen molar-refractivity contribution >= 4 is 21.6 Å². The quantitative estimate of drug-likeness (QED) is 0.614. The molecule has 1 aliphatic heterocycles. The Morgan fingerprint density at radius 3 is 2.39 bits per heavy atom. The molecule has 0 bridgehead atoms. The summed E-state index contributed by atoms with van der Waals surface area (Å²) in [5.74, 6) is -0.375. The number of rotatable bonds is 8. The van der Waals surface area contributed by atoms with E-state index >= 15 is 0 Å². The molecule has 180 valence electrons. The summed E-state index contributed by atoms with van der Waals surface area (Å²) in [6.45, 7) is -0.613. The van der Waals surface area contributed by atoms with Crippen LogP contribution < -0.4 is 10.1 Å². The maximum Gasteiger partial charge on any atom is 0.411 e. The number of sulfonamides is 1. The lowest BCUT2D eigenvalue weighted by molar-refractivity contribution is -0.176. The first kappa shape index (κ1) is 25.0. The Balaban J connectivity index is 1.71. The molecule has 2 aromatic carbocycles. The van der Waals surface area contributed by atoms with Gasteiger partial charge in [-0.3, -0.25) is 4.79 Å². The van der Waals surface area contributed by atoms with Gasteiger partial charge < -0.3 is 19.5 Å². The maximum absolute atomic E-state index is 13.1. The molecule has 1 aliphatic rings. The highest BCUT2D eigenvalue weighted by Crippen LogP contribution is 2.30. The first-order chi connectivity index (χ1) is 15.6. The molecule has 0 atom stereocenters. The standard InChI is InChI=1S/C21H23F3N2O6S/c1-30-18-7-6-17(12-19(18)33(28,29)26-8-10-31-11-9-26)25-20(27)16-4-2-15(3-5-16)13-32-14-21(22,23)24/h2-7,12H,8-11,13-14H2,1H3,(H,25,27). The predicted molar refractivity (Wildman–Crippen MR) is 113 cm³/mol. The third kappa shape index (κ3) is 6.67. The monoisotopic (exact) mass is 488 g/mol. The van der Waals surface area contributed by atoms with Crippen LogP contribution in [0, 0.1) is 0 Å². The summed E-state index contributed by atoms with van der Waals surface area (Å²) in [6.07, 6.45) is -4.41. The molecule has 1 N–H and O–H groups in total. The van der Waals surface area contributed by atoms with E-state index in [2.05, 4.69) is 10.1 Å². The topological polar surface area (TPSA) is 94.2 Å². The average Bonchev–Trinajstić information content (AvgIpc) is 2.79. The third-order valence-corrected chi connectivity index (χ3v) is 6.68. The molecule has 1 fully saturated rings. The molecule has 1 heterocycles. The van der Waals surface area contributed by atoms with Crippen LogP contribution in [0.4, 0.5) is 18.9 Å². The van der Waals surface area contributed by atoms with Gasteiger partial charge in [-0.1, -0.05) is 12.1 Å². The number of amides is 1. The van der Waals surface area contributed by atoms with Crippen LogP contribution in [0.3, 0.4) is 0 Å². The van der Waals surface area contributed by atoms with Gasteiger partial charge in [-0.25, -0.2) is 8.42 Å². The fourth-order valence-corrected chi connectivity index (χ4v) is 4.71. The Bertz CT molecular complexity index is 1070. The summed E-state index contributed by atoms with van der Waals surface area (Å²) in [7, 11) is -2.52. The maximum atomic E-state index is 13.1. The molecule has 1 amide bonds. The Kier molecular flexibility index (Phi) is 7.95. The fourth-order valence-electron chi connectivity index (χ4n) is 3.12. The number of hydrogen-bond acceptors (Lipinski definition) is 6. The Labute approximate surface area is 189 Å². The molecule has 33 heavy (non-hydrogen) atoms. The number of methoxy groups -OCH3 is 1. The van der Waals surface area contributed by atoms with Crippen LogP contribution in [0.15, 0.2) is 47.4 Å². The second-order valence-electron chi connectivity index (χ2n) is 7.14. The van der Waals surface area contributed by atoms with E-state index in [9.17, 15) is 26.4 Å². The van der Waals surface area contributed by atoms with E-state index in [0.717, 1.165) is 0 Å². The van der Waals surface area contributed by atoms with Gasteiger partial charge in [0.05, 0.1) is 26.9 Å². The molecule has 1 saturated heterocycles. The Hall–Kier alpha value is -2.67. The van der Waals surface area contributed by atoms with E-state index < -0.39 is 28.7 Å². The first-order valence-corrected chi connectivity index (χ1v) is 11.3. The molecular formula is C21H23F3N2O6S. The zero-order chi connectivity index (χ0) is 24.1. The third-order valence-electron chi connectivity index (χ3n) is 4.76. The second kappa shape index (κ2) is 10.5. The summed E-state index contributed by atoms with van der Waals surface area (Å²) in [6, 6.07) is 10.1. The second-order valence-corrected chi connectivity index (χ2v) is 9.05. The van der Waals surface area contributed by atoms with E-state index in [-0.39, 0.29) is 54.8 Å². The van der Waals surface area contributed by atoms with Gasteiger partial charge >= 0.3 is 6.18 Å². The fraction of sp³-hybridized carbons (Fsp3) is 0.381. The Morgan fingerprint density at radius 1 is 1.12 bits per heavy atom. The minimum Gasteiger partial charge on any atom is -0.495 e. The van der Waals surface area contributed by atoms with Crippen LogP contribution in [0.5, 0.6) is 5.75 Å². The minimum atomic E-state index is -4.41. The van der Waals surface area contributed by atoms with Gasteiger partial charge in [-0.15, -0.1) is 0 Å². The van der Waals surface area contributed by atoms with Gasteiger partial charge in [0.15, 0.2) is 0 Å². The number of morpholine rings is 1. The minimum absolute atomic E-state index is 0.0816. The molecule has 0 unspecified atom stereocenters. The van der Waals surface area contributed by atoms with Gasteiger partial charge in [0.1, 0.15) is 17.3 Å². The molecule has 3 rings (SSSR count). The van der Waals surface area contributed by atoms with Crippen LogP contribution >= 0.6 is 0 Å². The number of ether oxygens (including phenoxy) is 3. The SMILES string of the molecule is COc1ccc(NC(=O)c2ccc(COCC(F)(F)F)cc2)cc1S(=O)(=O)N1CCOCC1. The number of nitrogens with one attached hydrogen (secondary N) is 1. The van der Waals surface area contributed by atoms with Crippen molar-refractivity contribution in [3.8, 4) is 5.75 Å². The molecule has 0 radical (unpaired) electrons. The van der Waals surface area contributed by atoms with Crippen molar-refractivity contribution in [2.45, 2.75) is 17.7 Å². The van der Waals surface area contributed by atoms with Crippen molar-refractivity contribution < 1.29 is 40.6 Å². The number of halogens is 3. The van der Waals surface area contributed by atoms with Crippen molar-refractivity contribution in [3.05, 3.63) is 53.6 Å². The van der Waals surface area contributed by atoms with Crippen LogP contribution in [-0.4, -0.2) is 64.8 Å². The van der Waals surface area contributed by atoms with Crippen molar-refractivity contribution in [2.75, 3.05) is 45.3 Å². The molecule has 0 spiro atoms. The van der Waals surface area contributed by atoms with E-state index in [1.807, 2.05) is 0 Å². The Morgan fingerprint density at radius 2 is 1.79 bits per heavy atom. The summed E-state index contributed by atoms with van der Waals surface area (Å²) in [5.41, 5.74) is 0.951. The van der Waals surface area contributed by atoms with Crippen LogP contribution in [0.2, 0.25) is 0 Å². The van der Waals surface area contributed by atoms with Crippen LogP contribution in [-0.2, 0) is 26.1 Å². The number of alkyl halides is 3. The van der Waals surface area contributed by atoms with Crippen molar-refractivity contribution in [3.63, 3.8) is 0 Å². The summed E-state index contributed by atoms with van der Waals surface area (Å²) >= 11 is 0. The van der Waals surface area contributed by atoms with Gasteiger partial charge in [-0.05, 0) is 35.9 Å². The van der Waals surface area contributed by atoms with E-state index in [1.54, 1.807) is 0 Å². The smallest absolute Gasteiger partial charge is 0.411 e.